The van der Waals surface area contributed by atoms with Gasteiger partial charge < -0.3 is 15.3 Å². The maximum Gasteiger partial charge on any atom is 0.227 e. The summed E-state index contributed by atoms with van der Waals surface area (Å²) in [5, 5.41) is 12.5. The zero-order valence-corrected chi connectivity index (χ0v) is 10.9. The van der Waals surface area contributed by atoms with E-state index in [0.29, 0.717) is 6.42 Å². The van der Waals surface area contributed by atoms with Crippen LogP contribution in [-0.2, 0) is 11.2 Å². The number of fused-ring (bicyclic) bond motifs is 1. The normalized spacial score (nSPS) is 16.6. The van der Waals surface area contributed by atoms with Crippen molar-refractivity contribution in [3.8, 4) is 0 Å². The van der Waals surface area contributed by atoms with Gasteiger partial charge in [-0.05, 0) is 30.7 Å². The molecule has 1 atom stereocenters. The topological polar surface area (TPSA) is 52.6 Å². The van der Waals surface area contributed by atoms with Crippen LogP contribution in [0.1, 0.15) is 23.5 Å². The van der Waals surface area contributed by atoms with E-state index in [1.807, 2.05) is 26.2 Å². The summed E-state index contributed by atoms with van der Waals surface area (Å²) >= 11 is 0. The zero-order valence-electron chi connectivity index (χ0n) is 10.9. The van der Waals surface area contributed by atoms with Gasteiger partial charge in [0, 0.05) is 31.6 Å². The minimum absolute atomic E-state index is 0.114. The first kappa shape index (κ1) is 13.1. The average Bonchev–Trinajstić information content (AvgIpc) is 2.40. The second kappa shape index (κ2) is 5.50. The Balaban J connectivity index is 2.30. The van der Waals surface area contributed by atoms with Gasteiger partial charge in [-0.1, -0.05) is 12.1 Å². The lowest BCUT2D eigenvalue weighted by molar-refractivity contribution is -0.118. The van der Waals surface area contributed by atoms with Crippen molar-refractivity contribution in [3.63, 3.8) is 0 Å². The molecular weight excluding hydrogens is 228 g/mol. The monoisotopic (exact) mass is 248 g/mol. The van der Waals surface area contributed by atoms with Crippen LogP contribution in [0.5, 0.6) is 0 Å². The van der Waals surface area contributed by atoms with Crippen LogP contribution in [0, 0.1) is 0 Å². The molecule has 1 heterocycles. The van der Waals surface area contributed by atoms with Gasteiger partial charge in [-0.3, -0.25) is 4.79 Å². The van der Waals surface area contributed by atoms with Gasteiger partial charge in [0.2, 0.25) is 5.91 Å². The molecule has 0 bridgehead atoms. The average molecular weight is 248 g/mol. The van der Waals surface area contributed by atoms with E-state index in [2.05, 4.69) is 11.4 Å². The summed E-state index contributed by atoms with van der Waals surface area (Å²) in [5.74, 6) is 0.285. The molecule has 1 amide bonds. The summed E-state index contributed by atoms with van der Waals surface area (Å²) in [7, 11) is 3.70. The Morgan fingerprint density at radius 1 is 1.44 bits per heavy atom. The van der Waals surface area contributed by atoms with E-state index in [9.17, 15) is 9.90 Å². The molecule has 0 spiro atoms. The third-order valence-electron chi connectivity index (χ3n) is 3.59. The number of anilines is 1. The molecule has 0 saturated heterocycles. The number of benzene rings is 1. The van der Waals surface area contributed by atoms with Crippen LogP contribution in [0.3, 0.4) is 0 Å². The Bertz CT molecular complexity index is 445. The number of aryl methyl sites for hydroxylation is 1. The van der Waals surface area contributed by atoms with E-state index < -0.39 is 0 Å². The highest BCUT2D eigenvalue weighted by Crippen LogP contribution is 2.29. The summed E-state index contributed by atoms with van der Waals surface area (Å²) in [6.45, 7) is 0.887. The van der Waals surface area contributed by atoms with Crippen molar-refractivity contribution >= 4 is 11.6 Å². The lowest BCUT2D eigenvalue weighted by Gasteiger charge is -2.27. The van der Waals surface area contributed by atoms with Crippen LogP contribution >= 0.6 is 0 Å². The molecule has 1 aliphatic rings. The lowest BCUT2D eigenvalue weighted by Crippen LogP contribution is -2.31. The number of likely N-dealkylation sites (N-methyl/N-ethyl adjacent to an activating group) is 1. The maximum absolute atomic E-state index is 11.6. The summed E-state index contributed by atoms with van der Waals surface area (Å²) in [6, 6.07) is 6.11. The fourth-order valence-electron chi connectivity index (χ4n) is 2.46. The van der Waals surface area contributed by atoms with Gasteiger partial charge in [0.25, 0.3) is 0 Å². The molecule has 0 fully saturated rings. The van der Waals surface area contributed by atoms with E-state index in [-0.39, 0.29) is 18.4 Å². The fraction of sp³-hybridized carbons (Fsp3) is 0.500. The second-order valence-corrected chi connectivity index (χ2v) is 4.78. The smallest absolute Gasteiger partial charge is 0.227 e. The molecule has 4 nitrogen and oxygen atoms in total. The molecular formula is C14H20N2O2. The molecule has 0 aromatic heterocycles. The summed E-state index contributed by atoms with van der Waals surface area (Å²) in [6.07, 6.45) is 1.37. The first-order valence-corrected chi connectivity index (χ1v) is 6.32. The molecule has 0 aliphatic carbocycles. The van der Waals surface area contributed by atoms with Gasteiger partial charge in [-0.25, -0.2) is 0 Å². The number of aliphatic hydroxyl groups is 1. The van der Waals surface area contributed by atoms with E-state index in [0.717, 1.165) is 24.2 Å². The summed E-state index contributed by atoms with van der Waals surface area (Å²) in [5.41, 5.74) is 3.33. The number of nitrogens with zero attached hydrogens (tertiary/aromatic N) is 1. The quantitative estimate of drug-likeness (QED) is 0.832. The van der Waals surface area contributed by atoms with E-state index in [1.165, 1.54) is 5.56 Å². The highest BCUT2D eigenvalue weighted by atomic mass is 16.3. The Hall–Kier alpha value is -1.39. The van der Waals surface area contributed by atoms with Gasteiger partial charge in [-0.2, -0.15) is 0 Å². The van der Waals surface area contributed by atoms with Crippen LogP contribution in [-0.4, -0.2) is 38.3 Å². The Kier molecular flexibility index (Phi) is 3.99. The van der Waals surface area contributed by atoms with Gasteiger partial charge in [0.05, 0.1) is 6.61 Å². The SMILES string of the molecule is CNCC(CO)c1ccc2c(c1)CCC(=O)N2C. The summed E-state index contributed by atoms with van der Waals surface area (Å²) < 4.78 is 0. The zero-order chi connectivity index (χ0) is 13.1. The standard InChI is InChI=1S/C14H20N2O2/c1-15-8-12(9-17)10-3-5-13-11(7-10)4-6-14(18)16(13)2/h3,5,7,12,15,17H,4,6,8-9H2,1-2H3. The van der Waals surface area contributed by atoms with E-state index in [1.54, 1.807) is 4.90 Å². The number of rotatable bonds is 4. The second-order valence-electron chi connectivity index (χ2n) is 4.78. The fourth-order valence-corrected chi connectivity index (χ4v) is 2.46. The third kappa shape index (κ3) is 2.40. The molecule has 4 heteroatoms. The predicted molar refractivity (Wildman–Crippen MR) is 71.9 cm³/mol. The molecule has 0 saturated carbocycles. The molecule has 1 aromatic rings. The third-order valence-corrected chi connectivity index (χ3v) is 3.59. The predicted octanol–water partition coefficient (Wildman–Crippen LogP) is 0.891. The Morgan fingerprint density at radius 2 is 2.22 bits per heavy atom. The minimum Gasteiger partial charge on any atom is -0.396 e. The van der Waals surface area contributed by atoms with Crippen LogP contribution in [0.2, 0.25) is 0 Å². The molecule has 0 radical (unpaired) electrons. The first-order chi connectivity index (χ1) is 8.67. The number of amides is 1. The van der Waals surface area contributed by atoms with Crippen molar-refractivity contribution in [1.82, 2.24) is 5.32 Å². The van der Waals surface area contributed by atoms with Crippen LogP contribution in [0.4, 0.5) is 5.69 Å². The highest BCUT2D eigenvalue weighted by molar-refractivity contribution is 5.95. The van der Waals surface area contributed by atoms with E-state index >= 15 is 0 Å². The van der Waals surface area contributed by atoms with Crippen molar-refractivity contribution in [3.05, 3.63) is 29.3 Å². The van der Waals surface area contributed by atoms with Crippen LogP contribution < -0.4 is 10.2 Å². The van der Waals surface area contributed by atoms with Crippen molar-refractivity contribution in [2.45, 2.75) is 18.8 Å². The molecule has 2 N–H and O–H groups in total. The first-order valence-electron chi connectivity index (χ1n) is 6.32. The van der Waals surface area contributed by atoms with Gasteiger partial charge >= 0.3 is 0 Å². The molecule has 2 rings (SSSR count). The molecule has 1 unspecified atom stereocenters. The molecule has 98 valence electrons. The number of nitrogens with one attached hydrogen (secondary N) is 1. The molecule has 18 heavy (non-hydrogen) atoms. The molecule has 1 aliphatic heterocycles. The van der Waals surface area contributed by atoms with Gasteiger partial charge in [-0.15, -0.1) is 0 Å². The Labute approximate surface area is 108 Å². The largest absolute Gasteiger partial charge is 0.396 e. The van der Waals surface area contributed by atoms with Crippen molar-refractivity contribution in [1.29, 1.82) is 0 Å². The van der Waals surface area contributed by atoms with Crippen molar-refractivity contribution in [2.75, 3.05) is 32.1 Å². The Morgan fingerprint density at radius 3 is 2.89 bits per heavy atom. The van der Waals surface area contributed by atoms with Crippen LogP contribution in [0.15, 0.2) is 18.2 Å². The van der Waals surface area contributed by atoms with Crippen LogP contribution in [0.25, 0.3) is 0 Å². The van der Waals surface area contributed by atoms with Crippen molar-refractivity contribution < 1.29 is 9.90 Å². The number of hydrogen-bond acceptors (Lipinski definition) is 3. The number of aliphatic hydroxyl groups excluding tert-OH is 1. The summed E-state index contributed by atoms with van der Waals surface area (Å²) in [4.78, 5) is 13.3. The minimum atomic E-state index is 0.114. The molecule has 1 aromatic carbocycles. The maximum atomic E-state index is 11.6. The van der Waals surface area contributed by atoms with Crippen molar-refractivity contribution in [2.24, 2.45) is 0 Å². The highest BCUT2D eigenvalue weighted by Gasteiger charge is 2.21. The number of carbonyl (C=O) groups is 1. The van der Waals surface area contributed by atoms with E-state index in [4.69, 9.17) is 0 Å². The number of hydrogen-bond donors (Lipinski definition) is 2. The van der Waals surface area contributed by atoms with Gasteiger partial charge in [0.15, 0.2) is 0 Å². The lowest BCUT2D eigenvalue weighted by atomic mass is 9.93. The van der Waals surface area contributed by atoms with Gasteiger partial charge in [0.1, 0.15) is 0 Å². The number of carbonyl (C=O) groups excluding carboxylic acids is 1.